The van der Waals surface area contributed by atoms with Gasteiger partial charge in [0.05, 0.1) is 18.0 Å². The summed E-state index contributed by atoms with van der Waals surface area (Å²) in [4.78, 5) is 17.9. The van der Waals surface area contributed by atoms with Crippen LogP contribution in [0.2, 0.25) is 0 Å². The van der Waals surface area contributed by atoms with Gasteiger partial charge in [-0.05, 0) is 24.1 Å². The van der Waals surface area contributed by atoms with Crippen molar-refractivity contribution in [2.45, 2.75) is 18.4 Å². The predicted octanol–water partition coefficient (Wildman–Crippen LogP) is 0.708. The van der Waals surface area contributed by atoms with Gasteiger partial charge in [-0.2, -0.15) is 0 Å². The van der Waals surface area contributed by atoms with Crippen molar-refractivity contribution in [1.29, 1.82) is 0 Å². The molecule has 0 aliphatic rings. The van der Waals surface area contributed by atoms with Crippen LogP contribution in [0.1, 0.15) is 11.1 Å². The van der Waals surface area contributed by atoms with Crippen molar-refractivity contribution in [3.05, 3.63) is 42.0 Å². The van der Waals surface area contributed by atoms with E-state index in [1.165, 1.54) is 11.2 Å². The second-order valence-electron chi connectivity index (χ2n) is 5.85. The molecule has 1 aromatic carbocycles. The van der Waals surface area contributed by atoms with Crippen molar-refractivity contribution >= 4 is 21.7 Å². The molecule has 0 radical (unpaired) electrons. The Morgan fingerprint density at radius 1 is 1.32 bits per heavy atom. The topological polar surface area (TPSA) is 90.9 Å². The summed E-state index contributed by atoms with van der Waals surface area (Å²) in [6.45, 7) is 6.39. The molecule has 1 amide bonds. The van der Waals surface area contributed by atoms with Gasteiger partial charge in [0, 0.05) is 26.9 Å². The number of aliphatic imine (C=N–C) groups is 1. The van der Waals surface area contributed by atoms with Gasteiger partial charge in [-0.25, -0.2) is 13.4 Å². The third-order valence-electron chi connectivity index (χ3n) is 3.38. The molecule has 138 valence electrons. The first-order valence-corrected chi connectivity index (χ1v) is 9.67. The fourth-order valence-electron chi connectivity index (χ4n) is 2.06. The maximum atomic E-state index is 11.7. The van der Waals surface area contributed by atoms with E-state index in [1.807, 2.05) is 0 Å². The second-order valence-corrected chi connectivity index (χ2v) is 7.83. The number of aryl methyl sites for hydroxylation is 1. The minimum atomic E-state index is -3.23. The number of nitrogens with zero attached hydrogens (tertiary/aromatic N) is 2. The maximum absolute atomic E-state index is 11.7. The molecule has 1 rings (SSSR count). The molecule has 0 atom stereocenters. The van der Waals surface area contributed by atoms with Crippen LogP contribution in [0.5, 0.6) is 0 Å². The number of hydrogen-bond acceptors (Lipinski definition) is 4. The molecular weight excluding hydrogens is 340 g/mol. The van der Waals surface area contributed by atoms with E-state index in [0.717, 1.165) is 5.56 Å². The van der Waals surface area contributed by atoms with Gasteiger partial charge in [0.15, 0.2) is 15.8 Å². The van der Waals surface area contributed by atoms with E-state index in [1.54, 1.807) is 45.3 Å². The third-order valence-corrected chi connectivity index (χ3v) is 4.64. The standard InChI is InChI=1S/C17H26N4O3S/c1-6-9-18-17(20-12-16(22)21(3)4)19-11-14-7-8-15(13(2)10-14)25(5,23)24/h6-8,10H,1,9,11-12H2,2-5H3,(H2,18,19,20). The Balaban J connectivity index is 2.86. The number of benzene rings is 1. The molecule has 0 aliphatic heterocycles. The van der Waals surface area contributed by atoms with Crippen LogP contribution in [0.4, 0.5) is 0 Å². The van der Waals surface area contributed by atoms with Crippen LogP contribution in [-0.4, -0.2) is 58.6 Å². The first-order valence-electron chi connectivity index (χ1n) is 7.78. The van der Waals surface area contributed by atoms with E-state index in [0.29, 0.717) is 29.5 Å². The largest absolute Gasteiger partial charge is 0.353 e. The average Bonchev–Trinajstić information content (AvgIpc) is 2.52. The number of nitrogens with one attached hydrogen (secondary N) is 2. The summed E-state index contributed by atoms with van der Waals surface area (Å²) in [7, 11) is 0.136. The highest BCUT2D eigenvalue weighted by molar-refractivity contribution is 7.90. The van der Waals surface area contributed by atoms with Gasteiger partial charge in [0.2, 0.25) is 5.91 Å². The molecular formula is C17H26N4O3S. The van der Waals surface area contributed by atoms with Crippen LogP contribution in [0.3, 0.4) is 0 Å². The molecule has 0 aliphatic carbocycles. The Bertz CT molecular complexity index is 755. The molecule has 7 nitrogen and oxygen atoms in total. The summed E-state index contributed by atoms with van der Waals surface area (Å²) in [5.41, 5.74) is 1.56. The Hall–Kier alpha value is -2.35. The average molecular weight is 366 g/mol. The highest BCUT2D eigenvalue weighted by Crippen LogP contribution is 2.17. The lowest BCUT2D eigenvalue weighted by Gasteiger charge is -2.14. The molecule has 0 fully saturated rings. The molecule has 1 aromatic rings. The zero-order valence-electron chi connectivity index (χ0n) is 15.2. The SMILES string of the molecule is C=CCNC(=NCc1ccc(S(C)(=O)=O)c(C)c1)NCC(=O)N(C)C. The van der Waals surface area contributed by atoms with Crippen molar-refractivity contribution in [3.63, 3.8) is 0 Å². The lowest BCUT2D eigenvalue weighted by molar-refractivity contribution is -0.127. The number of guanidine groups is 1. The van der Waals surface area contributed by atoms with Gasteiger partial charge in [0.1, 0.15) is 0 Å². The summed E-state index contributed by atoms with van der Waals surface area (Å²) in [5, 5.41) is 6.00. The van der Waals surface area contributed by atoms with Crippen molar-refractivity contribution in [2.75, 3.05) is 33.4 Å². The van der Waals surface area contributed by atoms with Gasteiger partial charge >= 0.3 is 0 Å². The number of amides is 1. The minimum absolute atomic E-state index is 0.0681. The molecule has 0 saturated carbocycles. The molecule has 0 heterocycles. The Morgan fingerprint density at radius 2 is 2.00 bits per heavy atom. The molecule has 0 spiro atoms. The van der Waals surface area contributed by atoms with Crippen molar-refractivity contribution in [3.8, 4) is 0 Å². The summed E-state index contributed by atoms with van der Waals surface area (Å²) >= 11 is 0. The van der Waals surface area contributed by atoms with Crippen molar-refractivity contribution in [2.24, 2.45) is 4.99 Å². The summed E-state index contributed by atoms with van der Waals surface area (Å²) in [6.07, 6.45) is 2.88. The summed E-state index contributed by atoms with van der Waals surface area (Å²) in [5.74, 6) is 0.418. The number of sulfone groups is 1. The molecule has 0 bridgehead atoms. The van der Waals surface area contributed by atoms with Crippen LogP contribution < -0.4 is 10.6 Å². The lowest BCUT2D eigenvalue weighted by atomic mass is 10.1. The van der Waals surface area contributed by atoms with Gasteiger partial charge in [-0.15, -0.1) is 6.58 Å². The molecule has 8 heteroatoms. The van der Waals surface area contributed by atoms with Gasteiger partial charge < -0.3 is 15.5 Å². The molecule has 25 heavy (non-hydrogen) atoms. The summed E-state index contributed by atoms with van der Waals surface area (Å²) in [6, 6.07) is 5.13. The van der Waals surface area contributed by atoms with E-state index >= 15 is 0 Å². The van der Waals surface area contributed by atoms with Crippen LogP contribution in [0.25, 0.3) is 0 Å². The Morgan fingerprint density at radius 3 is 2.52 bits per heavy atom. The third kappa shape index (κ3) is 6.96. The van der Waals surface area contributed by atoms with Crippen LogP contribution >= 0.6 is 0 Å². The van der Waals surface area contributed by atoms with E-state index in [-0.39, 0.29) is 12.5 Å². The van der Waals surface area contributed by atoms with Crippen molar-refractivity contribution in [1.82, 2.24) is 15.5 Å². The van der Waals surface area contributed by atoms with E-state index in [2.05, 4.69) is 22.2 Å². The zero-order valence-corrected chi connectivity index (χ0v) is 16.0. The van der Waals surface area contributed by atoms with Crippen molar-refractivity contribution < 1.29 is 13.2 Å². The first kappa shape index (κ1) is 20.7. The Kier molecular flexibility index (Phi) is 7.63. The number of carbonyl (C=O) groups excluding carboxylic acids is 1. The van der Waals surface area contributed by atoms with Gasteiger partial charge in [-0.1, -0.05) is 18.2 Å². The van der Waals surface area contributed by atoms with E-state index in [4.69, 9.17) is 0 Å². The molecule has 2 N–H and O–H groups in total. The van der Waals surface area contributed by atoms with E-state index < -0.39 is 9.84 Å². The molecule has 0 aromatic heterocycles. The van der Waals surface area contributed by atoms with Gasteiger partial charge in [0.25, 0.3) is 0 Å². The van der Waals surface area contributed by atoms with Crippen LogP contribution in [0.15, 0.2) is 40.7 Å². The maximum Gasteiger partial charge on any atom is 0.241 e. The molecule has 0 saturated heterocycles. The predicted molar refractivity (Wildman–Crippen MR) is 100 cm³/mol. The normalized spacial score (nSPS) is 11.8. The quantitative estimate of drug-likeness (QED) is 0.421. The summed E-state index contributed by atoms with van der Waals surface area (Å²) < 4.78 is 23.3. The monoisotopic (exact) mass is 366 g/mol. The van der Waals surface area contributed by atoms with Crippen LogP contribution in [-0.2, 0) is 21.2 Å². The highest BCUT2D eigenvalue weighted by Gasteiger charge is 2.11. The molecule has 0 unspecified atom stereocenters. The number of likely N-dealkylation sites (N-methyl/N-ethyl adjacent to an activating group) is 1. The second kappa shape index (κ2) is 9.22. The minimum Gasteiger partial charge on any atom is -0.353 e. The zero-order chi connectivity index (χ0) is 19.0. The first-order chi connectivity index (χ1) is 11.6. The smallest absolute Gasteiger partial charge is 0.241 e. The lowest BCUT2D eigenvalue weighted by Crippen LogP contribution is -2.43. The van der Waals surface area contributed by atoms with Crippen LogP contribution in [0, 0.1) is 6.92 Å². The number of carbonyl (C=O) groups is 1. The number of hydrogen-bond donors (Lipinski definition) is 2. The Labute approximate surface area is 149 Å². The van der Waals surface area contributed by atoms with E-state index in [9.17, 15) is 13.2 Å². The fourth-order valence-corrected chi connectivity index (χ4v) is 3.02. The highest BCUT2D eigenvalue weighted by atomic mass is 32.2. The van der Waals surface area contributed by atoms with Gasteiger partial charge in [-0.3, -0.25) is 4.79 Å². The number of rotatable bonds is 7. The fraction of sp³-hybridized carbons (Fsp3) is 0.412.